The van der Waals surface area contributed by atoms with Crippen molar-refractivity contribution in [2.75, 3.05) is 17.6 Å². The SMILES string of the molecule is CC(C)(C)Nc1cc(-n2ncc3cc(C#N)c(N)nc32)ncc1C(=O)NCC(F)C(C)(C)O. The number of nitriles is 1. The monoisotopic (exact) mass is 454 g/mol. The van der Waals surface area contributed by atoms with Crippen LogP contribution >= 0.6 is 0 Å². The molecule has 1 unspecified atom stereocenters. The molecule has 0 spiro atoms. The number of fused-ring (bicyclic) bond motifs is 1. The topological polar surface area (TPSA) is 155 Å². The number of hydrogen-bond donors (Lipinski definition) is 4. The van der Waals surface area contributed by atoms with Crippen LogP contribution in [-0.4, -0.2) is 54.6 Å². The van der Waals surface area contributed by atoms with E-state index in [1.165, 1.54) is 24.7 Å². The number of pyridine rings is 2. The Morgan fingerprint density at radius 3 is 2.61 bits per heavy atom. The average molecular weight is 455 g/mol. The summed E-state index contributed by atoms with van der Waals surface area (Å²) in [5.74, 6) is -0.104. The van der Waals surface area contributed by atoms with Crippen LogP contribution in [0.5, 0.6) is 0 Å². The van der Waals surface area contributed by atoms with E-state index in [1.807, 2.05) is 26.8 Å². The Balaban J connectivity index is 2.00. The highest BCUT2D eigenvalue weighted by Gasteiger charge is 2.27. The van der Waals surface area contributed by atoms with Gasteiger partial charge >= 0.3 is 0 Å². The Bertz CT molecular complexity index is 1230. The van der Waals surface area contributed by atoms with Crippen molar-refractivity contribution >= 4 is 28.4 Å². The Labute approximate surface area is 190 Å². The second-order valence-electron chi connectivity index (χ2n) is 9.30. The second-order valence-corrected chi connectivity index (χ2v) is 9.30. The molecule has 0 bridgehead atoms. The molecular formula is C22H27FN8O2. The van der Waals surface area contributed by atoms with Crippen LogP contribution in [0, 0.1) is 11.3 Å². The zero-order valence-electron chi connectivity index (χ0n) is 19.1. The lowest BCUT2D eigenvalue weighted by Crippen LogP contribution is -2.42. The number of nitrogens with one attached hydrogen (secondary N) is 2. The first-order valence-corrected chi connectivity index (χ1v) is 10.3. The molecule has 174 valence electrons. The molecule has 0 aliphatic rings. The Hall–Kier alpha value is -3.78. The first-order valence-electron chi connectivity index (χ1n) is 10.3. The number of halogens is 1. The van der Waals surface area contributed by atoms with Gasteiger partial charge < -0.3 is 21.5 Å². The molecule has 3 aromatic heterocycles. The number of carbonyl (C=O) groups is 1. The molecule has 1 atom stereocenters. The van der Waals surface area contributed by atoms with E-state index >= 15 is 0 Å². The Morgan fingerprint density at radius 2 is 2.00 bits per heavy atom. The number of aliphatic hydroxyl groups is 1. The molecule has 5 N–H and O–H groups in total. The van der Waals surface area contributed by atoms with E-state index in [2.05, 4.69) is 25.7 Å². The van der Waals surface area contributed by atoms with E-state index in [4.69, 9.17) is 11.0 Å². The Morgan fingerprint density at radius 1 is 1.30 bits per heavy atom. The summed E-state index contributed by atoms with van der Waals surface area (Å²) in [6, 6.07) is 5.20. The summed E-state index contributed by atoms with van der Waals surface area (Å²) in [4.78, 5) is 21.4. The van der Waals surface area contributed by atoms with Crippen molar-refractivity contribution in [3.63, 3.8) is 0 Å². The van der Waals surface area contributed by atoms with Gasteiger partial charge in [-0.05, 0) is 40.7 Å². The van der Waals surface area contributed by atoms with Gasteiger partial charge in [-0.1, -0.05) is 0 Å². The number of nitrogens with zero attached hydrogens (tertiary/aromatic N) is 5. The molecule has 0 saturated carbocycles. The van der Waals surface area contributed by atoms with Gasteiger partial charge in [0.25, 0.3) is 5.91 Å². The standard InChI is InChI=1S/C22H27FN8O2/c1-21(2,3)30-15-7-17(26-10-14(15)20(32)27-11-16(23)22(4,5)33)31-19-13(9-28-31)6-12(8-24)18(25)29-19/h6-7,9-10,16,33H,11H2,1-5H3,(H2,25,29)(H,26,30)(H,27,32). The summed E-state index contributed by atoms with van der Waals surface area (Å²) >= 11 is 0. The van der Waals surface area contributed by atoms with Crippen LogP contribution in [0.4, 0.5) is 15.9 Å². The average Bonchev–Trinajstić information content (AvgIpc) is 3.11. The molecule has 33 heavy (non-hydrogen) atoms. The van der Waals surface area contributed by atoms with Gasteiger partial charge in [-0.25, -0.2) is 14.4 Å². The van der Waals surface area contributed by atoms with E-state index in [-0.39, 0.29) is 23.5 Å². The molecule has 0 radical (unpaired) electrons. The maximum Gasteiger partial charge on any atom is 0.255 e. The van der Waals surface area contributed by atoms with Crippen LogP contribution in [0.15, 0.2) is 24.5 Å². The minimum absolute atomic E-state index is 0.0726. The second kappa shape index (κ2) is 8.63. The number of nitrogen functional groups attached to an aromatic ring is 1. The van der Waals surface area contributed by atoms with Gasteiger partial charge in [0, 0.05) is 23.2 Å². The summed E-state index contributed by atoms with van der Waals surface area (Å²) in [6.45, 7) is 8.09. The molecule has 1 amide bonds. The van der Waals surface area contributed by atoms with Crippen LogP contribution in [0.1, 0.15) is 50.5 Å². The minimum atomic E-state index is -1.64. The van der Waals surface area contributed by atoms with Crippen molar-refractivity contribution in [3.05, 3.63) is 35.7 Å². The van der Waals surface area contributed by atoms with Crippen LogP contribution in [-0.2, 0) is 0 Å². The van der Waals surface area contributed by atoms with Crippen LogP contribution in [0.25, 0.3) is 16.9 Å². The molecule has 3 aromatic rings. The number of rotatable bonds is 6. The molecule has 3 rings (SSSR count). The lowest BCUT2D eigenvalue weighted by Gasteiger charge is -2.25. The largest absolute Gasteiger partial charge is 0.387 e. The maximum absolute atomic E-state index is 14.1. The normalized spacial score (nSPS) is 12.9. The first kappa shape index (κ1) is 23.9. The van der Waals surface area contributed by atoms with Crippen LogP contribution in [0.3, 0.4) is 0 Å². The van der Waals surface area contributed by atoms with E-state index < -0.39 is 23.2 Å². The number of carbonyl (C=O) groups excluding carboxylic acids is 1. The van der Waals surface area contributed by atoms with Gasteiger partial charge in [-0.3, -0.25) is 4.79 Å². The van der Waals surface area contributed by atoms with Gasteiger partial charge in [0.15, 0.2) is 11.5 Å². The molecule has 11 heteroatoms. The van der Waals surface area contributed by atoms with Gasteiger partial charge in [-0.15, -0.1) is 0 Å². The van der Waals surface area contributed by atoms with Crippen molar-refractivity contribution in [2.24, 2.45) is 0 Å². The Kier molecular flexibility index (Phi) is 6.24. The van der Waals surface area contributed by atoms with Gasteiger partial charge in [0.2, 0.25) is 0 Å². The van der Waals surface area contributed by atoms with Crippen molar-refractivity contribution in [1.82, 2.24) is 25.1 Å². The fraction of sp³-hybridized carbons (Fsp3) is 0.409. The first-order chi connectivity index (χ1) is 15.3. The minimum Gasteiger partial charge on any atom is -0.387 e. The molecule has 0 fully saturated rings. The van der Waals surface area contributed by atoms with E-state index in [9.17, 15) is 14.3 Å². The fourth-order valence-electron chi connectivity index (χ4n) is 3.01. The van der Waals surface area contributed by atoms with E-state index in [1.54, 1.807) is 18.3 Å². The van der Waals surface area contributed by atoms with Crippen molar-refractivity contribution < 1.29 is 14.3 Å². The molecule has 10 nitrogen and oxygen atoms in total. The number of nitrogens with two attached hydrogens (primary N) is 1. The molecule has 0 aliphatic heterocycles. The lowest BCUT2D eigenvalue weighted by molar-refractivity contribution is -0.00177. The predicted octanol–water partition coefficient (Wildman–Crippen LogP) is 2.32. The molecule has 0 aromatic carbocycles. The van der Waals surface area contributed by atoms with Crippen LogP contribution < -0.4 is 16.4 Å². The summed E-state index contributed by atoms with van der Waals surface area (Å²) in [6.07, 6.45) is 1.26. The van der Waals surface area contributed by atoms with Crippen LogP contribution in [0.2, 0.25) is 0 Å². The summed E-state index contributed by atoms with van der Waals surface area (Å²) in [7, 11) is 0. The summed E-state index contributed by atoms with van der Waals surface area (Å²) in [5, 5.41) is 29.6. The molecule has 3 heterocycles. The van der Waals surface area contributed by atoms with E-state index in [0.717, 1.165) is 0 Å². The van der Waals surface area contributed by atoms with Crippen molar-refractivity contribution in [1.29, 1.82) is 5.26 Å². The summed E-state index contributed by atoms with van der Waals surface area (Å²) < 4.78 is 15.6. The molecule has 0 aliphatic carbocycles. The van der Waals surface area contributed by atoms with Gasteiger partial charge in [0.05, 0.1) is 35.2 Å². The smallest absolute Gasteiger partial charge is 0.255 e. The van der Waals surface area contributed by atoms with Gasteiger partial charge in [0.1, 0.15) is 18.1 Å². The zero-order valence-corrected chi connectivity index (χ0v) is 19.1. The number of alkyl halides is 1. The number of amides is 1. The molecular weight excluding hydrogens is 427 g/mol. The lowest BCUT2D eigenvalue weighted by atomic mass is 10.0. The number of anilines is 2. The highest BCUT2D eigenvalue weighted by molar-refractivity contribution is 5.99. The van der Waals surface area contributed by atoms with E-state index in [0.29, 0.717) is 22.5 Å². The third-order valence-electron chi connectivity index (χ3n) is 4.76. The zero-order chi connectivity index (χ0) is 24.6. The number of aromatic nitrogens is 4. The summed E-state index contributed by atoms with van der Waals surface area (Å²) in [5.41, 5.74) is 5.18. The highest BCUT2D eigenvalue weighted by Crippen LogP contribution is 2.25. The highest BCUT2D eigenvalue weighted by atomic mass is 19.1. The van der Waals surface area contributed by atoms with Crippen molar-refractivity contribution in [3.8, 4) is 11.9 Å². The number of hydrogen-bond acceptors (Lipinski definition) is 8. The van der Waals surface area contributed by atoms with Crippen molar-refractivity contribution in [2.45, 2.75) is 51.9 Å². The predicted molar refractivity (Wildman–Crippen MR) is 123 cm³/mol. The molecule has 0 saturated heterocycles. The fourth-order valence-corrected chi connectivity index (χ4v) is 3.01. The quantitative estimate of drug-likeness (QED) is 0.442. The third-order valence-corrected chi connectivity index (χ3v) is 4.76. The maximum atomic E-state index is 14.1. The van der Waals surface area contributed by atoms with Gasteiger partial charge in [-0.2, -0.15) is 15.0 Å². The third kappa shape index (κ3) is 5.35.